The van der Waals surface area contributed by atoms with Crippen molar-refractivity contribution in [2.45, 2.75) is 0 Å². The molecule has 1 heterocycles. The Morgan fingerprint density at radius 2 is 1.37 bits per heavy atom. The molecule has 0 atom stereocenters. The van der Waals surface area contributed by atoms with Crippen LogP contribution >= 0.6 is 0 Å². The zero-order valence-corrected chi connectivity index (χ0v) is 13.1. The number of hydrogen-bond acceptors (Lipinski definition) is 3. The van der Waals surface area contributed by atoms with Gasteiger partial charge in [0.1, 0.15) is 23.3 Å². The Kier molecular flexibility index (Phi) is 4.49. The molecule has 1 aromatic heterocycles. The number of rotatable bonds is 2. The summed E-state index contributed by atoms with van der Waals surface area (Å²) in [5.41, 5.74) is 2.55. The lowest BCUT2D eigenvalue weighted by Gasteiger charge is -2.13. The first kappa shape index (κ1) is 18.3. The van der Waals surface area contributed by atoms with E-state index in [4.69, 9.17) is 5.73 Å². The second-order valence-corrected chi connectivity index (χ2v) is 5.35. The van der Waals surface area contributed by atoms with Crippen molar-refractivity contribution >= 4 is 5.82 Å². The molecule has 0 aliphatic heterocycles. The van der Waals surface area contributed by atoms with Crippen LogP contribution < -0.4 is 5.73 Å². The fraction of sp³-hybridized carbons (Fsp3) is 0. The van der Waals surface area contributed by atoms with Gasteiger partial charge in [-0.2, -0.15) is 5.26 Å². The summed E-state index contributed by atoms with van der Waals surface area (Å²) in [6.07, 6.45) is 0. The van der Waals surface area contributed by atoms with Gasteiger partial charge in [0.15, 0.2) is 23.3 Å². The zero-order chi connectivity index (χ0) is 19.9. The number of halogens is 6. The van der Waals surface area contributed by atoms with Crippen molar-refractivity contribution in [3.63, 3.8) is 0 Å². The number of benzene rings is 2. The van der Waals surface area contributed by atoms with Crippen LogP contribution in [0.4, 0.5) is 32.2 Å². The van der Waals surface area contributed by atoms with Crippen LogP contribution in [-0.4, -0.2) is 4.98 Å². The van der Waals surface area contributed by atoms with Crippen molar-refractivity contribution in [1.29, 1.82) is 5.26 Å². The highest BCUT2D eigenvalue weighted by Crippen LogP contribution is 2.37. The first-order valence-electron chi connectivity index (χ1n) is 7.25. The SMILES string of the molecule is N#Cc1c(-c2c(F)c(F)c(F)c(F)c2F)cc(-c2ccccc2F)nc1N. The minimum Gasteiger partial charge on any atom is -0.383 e. The highest BCUT2D eigenvalue weighted by atomic mass is 19.2. The molecule has 0 aliphatic rings. The van der Waals surface area contributed by atoms with E-state index in [1.54, 1.807) is 0 Å². The van der Waals surface area contributed by atoms with Gasteiger partial charge in [-0.25, -0.2) is 31.3 Å². The molecule has 136 valence electrons. The third-order valence-electron chi connectivity index (χ3n) is 3.79. The summed E-state index contributed by atoms with van der Waals surface area (Å²) in [4.78, 5) is 3.79. The van der Waals surface area contributed by atoms with Crippen molar-refractivity contribution in [2.24, 2.45) is 0 Å². The molecule has 0 amide bonds. The summed E-state index contributed by atoms with van der Waals surface area (Å²) >= 11 is 0. The maximum absolute atomic E-state index is 14.2. The average Bonchev–Trinajstić information content (AvgIpc) is 2.65. The molecule has 2 aromatic carbocycles. The summed E-state index contributed by atoms with van der Waals surface area (Å²) in [6.45, 7) is 0. The standard InChI is InChI=1S/C18H7F6N3/c19-10-4-2-1-3-7(10)11-5-8(9(6-25)18(26)27-11)12-13(20)15(22)17(24)16(23)14(12)21/h1-5H,(H2,26,27). The molecule has 0 aliphatic carbocycles. The molecule has 0 radical (unpaired) electrons. The number of nitrogens with two attached hydrogens (primary N) is 1. The second-order valence-electron chi connectivity index (χ2n) is 5.35. The maximum atomic E-state index is 14.2. The summed E-state index contributed by atoms with van der Waals surface area (Å²) in [5.74, 6) is -12.3. The molecule has 9 heteroatoms. The van der Waals surface area contributed by atoms with Crippen molar-refractivity contribution in [1.82, 2.24) is 4.98 Å². The molecule has 0 saturated carbocycles. The Bertz CT molecular complexity index is 1090. The minimum absolute atomic E-state index is 0.140. The predicted molar refractivity (Wildman–Crippen MR) is 84.0 cm³/mol. The molecule has 3 nitrogen and oxygen atoms in total. The number of hydrogen-bond donors (Lipinski definition) is 1. The highest BCUT2D eigenvalue weighted by molar-refractivity contribution is 5.81. The topological polar surface area (TPSA) is 62.7 Å². The number of pyridine rings is 1. The van der Waals surface area contributed by atoms with Gasteiger partial charge in [0, 0.05) is 11.1 Å². The zero-order valence-electron chi connectivity index (χ0n) is 13.1. The maximum Gasteiger partial charge on any atom is 0.200 e. The van der Waals surface area contributed by atoms with E-state index < -0.39 is 57.4 Å². The third-order valence-corrected chi connectivity index (χ3v) is 3.79. The van der Waals surface area contributed by atoms with E-state index in [0.717, 1.165) is 12.1 Å². The van der Waals surface area contributed by atoms with Crippen LogP contribution in [0, 0.1) is 46.2 Å². The molecule has 3 aromatic rings. The molecule has 0 unspecified atom stereocenters. The fourth-order valence-electron chi connectivity index (χ4n) is 2.53. The van der Waals surface area contributed by atoms with Gasteiger partial charge in [0.25, 0.3) is 0 Å². The molecule has 0 bridgehead atoms. The number of nitrogen functional groups attached to an aromatic ring is 1. The normalized spacial score (nSPS) is 10.7. The quantitative estimate of drug-likeness (QED) is 0.399. The third kappa shape index (κ3) is 2.85. The monoisotopic (exact) mass is 379 g/mol. The van der Waals surface area contributed by atoms with Crippen LogP contribution in [0.2, 0.25) is 0 Å². The fourth-order valence-corrected chi connectivity index (χ4v) is 2.53. The van der Waals surface area contributed by atoms with Crippen LogP contribution in [0.5, 0.6) is 0 Å². The van der Waals surface area contributed by atoms with E-state index in [2.05, 4.69) is 4.98 Å². The van der Waals surface area contributed by atoms with Gasteiger partial charge in [-0.05, 0) is 18.2 Å². The molecule has 2 N–H and O–H groups in total. The molecule has 0 fully saturated rings. The summed E-state index contributed by atoms with van der Waals surface area (Å²) in [5, 5.41) is 9.20. The number of anilines is 1. The first-order valence-corrected chi connectivity index (χ1v) is 7.25. The van der Waals surface area contributed by atoms with Crippen LogP contribution in [0.15, 0.2) is 30.3 Å². The molecular formula is C18H7F6N3. The van der Waals surface area contributed by atoms with Gasteiger partial charge in [-0.3, -0.25) is 0 Å². The van der Waals surface area contributed by atoms with Crippen molar-refractivity contribution in [3.05, 3.63) is 70.8 Å². The van der Waals surface area contributed by atoms with E-state index >= 15 is 0 Å². The summed E-state index contributed by atoms with van der Waals surface area (Å²) < 4.78 is 82.8. The highest BCUT2D eigenvalue weighted by Gasteiger charge is 2.29. The largest absolute Gasteiger partial charge is 0.383 e. The Morgan fingerprint density at radius 3 is 1.93 bits per heavy atom. The van der Waals surface area contributed by atoms with Crippen molar-refractivity contribution in [2.75, 3.05) is 5.73 Å². The van der Waals surface area contributed by atoms with E-state index in [0.29, 0.717) is 0 Å². The Hall–Kier alpha value is -3.54. The van der Waals surface area contributed by atoms with Gasteiger partial charge in [-0.15, -0.1) is 0 Å². The molecular weight excluding hydrogens is 372 g/mol. The van der Waals surface area contributed by atoms with Crippen molar-refractivity contribution < 1.29 is 26.3 Å². The van der Waals surface area contributed by atoms with Gasteiger partial charge < -0.3 is 5.73 Å². The first-order chi connectivity index (χ1) is 12.8. The lowest BCUT2D eigenvalue weighted by molar-refractivity contribution is 0.381. The number of aromatic nitrogens is 1. The van der Waals surface area contributed by atoms with Crippen LogP contribution in [0.25, 0.3) is 22.4 Å². The van der Waals surface area contributed by atoms with Crippen LogP contribution in [0.3, 0.4) is 0 Å². The minimum atomic E-state index is -2.34. The van der Waals surface area contributed by atoms with Gasteiger partial charge >= 0.3 is 0 Å². The average molecular weight is 379 g/mol. The predicted octanol–water partition coefficient (Wildman–Crippen LogP) is 4.70. The van der Waals surface area contributed by atoms with Crippen LogP contribution in [-0.2, 0) is 0 Å². The van der Waals surface area contributed by atoms with Crippen LogP contribution in [0.1, 0.15) is 5.56 Å². The van der Waals surface area contributed by atoms with Crippen molar-refractivity contribution in [3.8, 4) is 28.5 Å². The van der Waals surface area contributed by atoms with E-state index in [-0.39, 0.29) is 11.3 Å². The Labute approximate surface area is 148 Å². The summed E-state index contributed by atoms with van der Waals surface area (Å²) in [7, 11) is 0. The van der Waals surface area contributed by atoms with Gasteiger partial charge in [-0.1, -0.05) is 12.1 Å². The second kappa shape index (κ2) is 6.64. The molecule has 0 spiro atoms. The Morgan fingerprint density at radius 1 is 0.815 bits per heavy atom. The number of nitriles is 1. The smallest absolute Gasteiger partial charge is 0.200 e. The van der Waals surface area contributed by atoms with E-state index in [1.165, 1.54) is 24.3 Å². The Balaban J connectivity index is 2.42. The van der Waals surface area contributed by atoms with Gasteiger partial charge in [0.2, 0.25) is 5.82 Å². The molecule has 0 saturated heterocycles. The van der Waals surface area contributed by atoms with E-state index in [9.17, 15) is 31.6 Å². The summed E-state index contributed by atoms with van der Waals surface area (Å²) in [6, 6.07) is 7.50. The lowest BCUT2D eigenvalue weighted by Crippen LogP contribution is -2.07. The molecule has 27 heavy (non-hydrogen) atoms. The lowest BCUT2D eigenvalue weighted by atomic mass is 9.97. The number of nitrogens with zero attached hydrogens (tertiary/aromatic N) is 2. The molecule has 3 rings (SSSR count). The van der Waals surface area contributed by atoms with E-state index in [1.807, 2.05) is 0 Å². The van der Waals surface area contributed by atoms with Gasteiger partial charge in [0.05, 0.1) is 11.3 Å².